The molecule has 1 saturated heterocycles. The van der Waals surface area contributed by atoms with Gasteiger partial charge >= 0.3 is 0 Å². The standard InChI is InChI=1S/C23H25N5O3/c24-21-16-4-1-2-5-17(16)27-23(29)20(21)22-25-18-7-6-15(14-19(18)26-22)31-11-3-8-28-9-12-30-13-10-28/h1-2,4-7,14H,3,8-13H2,(H,25,26)(H3,24,27,29). The molecule has 5 rings (SSSR count). The lowest BCUT2D eigenvalue weighted by atomic mass is 10.1. The minimum Gasteiger partial charge on any atom is -0.493 e. The van der Waals surface area contributed by atoms with Gasteiger partial charge in [0.05, 0.1) is 42.1 Å². The third-order valence-electron chi connectivity index (χ3n) is 5.64. The fourth-order valence-corrected chi connectivity index (χ4v) is 4.00. The number of anilines is 1. The number of para-hydroxylation sites is 1. The molecule has 4 N–H and O–H groups in total. The van der Waals surface area contributed by atoms with Crippen molar-refractivity contribution >= 4 is 27.6 Å². The number of fused-ring (bicyclic) bond motifs is 2. The molecule has 1 aliphatic rings. The molecule has 1 fully saturated rings. The van der Waals surface area contributed by atoms with Crippen LogP contribution in [0.4, 0.5) is 5.69 Å². The Hall–Kier alpha value is -3.36. The van der Waals surface area contributed by atoms with Crippen LogP contribution in [0.15, 0.2) is 47.3 Å². The Bertz CT molecular complexity index is 1270. The lowest BCUT2D eigenvalue weighted by Crippen LogP contribution is -2.37. The molecule has 0 unspecified atom stereocenters. The Morgan fingerprint density at radius 2 is 1.94 bits per heavy atom. The molecular weight excluding hydrogens is 394 g/mol. The zero-order chi connectivity index (χ0) is 21.2. The van der Waals surface area contributed by atoms with Crippen LogP contribution in [0.1, 0.15) is 6.42 Å². The van der Waals surface area contributed by atoms with E-state index in [-0.39, 0.29) is 5.56 Å². The second kappa shape index (κ2) is 8.41. The van der Waals surface area contributed by atoms with Crippen molar-refractivity contribution in [1.29, 1.82) is 0 Å². The summed E-state index contributed by atoms with van der Waals surface area (Å²) in [6.45, 7) is 5.24. The average molecular weight is 419 g/mol. The van der Waals surface area contributed by atoms with Gasteiger partial charge in [0.2, 0.25) is 0 Å². The lowest BCUT2D eigenvalue weighted by molar-refractivity contribution is 0.0358. The van der Waals surface area contributed by atoms with Crippen LogP contribution in [0.5, 0.6) is 5.75 Å². The number of morpholine rings is 1. The quantitative estimate of drug-likeness (QED) is 0.415. The van der Waals surface area contributed by atoms with Crippen molar-refractivity contribution in [3.63, 3.8) is 0 Å². The number of nitrogen functional groups attached to an aromatic ring is 1. The molecule has 3 heterocycles. The Labute approximate surface area is 179 Å². The van der Waals surface area contributed by atoms with Gasteiger partial charge in [-0.2, -0.15) is 0 Å². The van der Waals surface area contributed by atoms with Gasteiger partial charge in [-0.15, -0.1) is 0 Å². The Balaban J connectivity index is 1.34. The Kier molecular flexibility index (Phi) is 5.31. The molecule has 2 aromatic heterocycles. The van der Waals surface area contributed by atoms with Crippen LogP contribution in [0.25, 0.3) is 33.3 Å². The molecule has 0 aliphatic carbocycles. The van der Waals surface area contributed by atoms with Gasteiger partial charge in [-0.25, -0.2) is 4.98 Å². The van der Waals surface area contributed by atoms with E-state index in [2.05, 4.69) is 19.9 Å². The lowest BCUT2D eigenvalue weighted by Gasteiger charge is -2.26. The molecule has 160 valence electrons. The number of benzene rings is 2. The molecule has 8 heteroatoms. The van der Waals surface area contributed by atoms with Gasteiger partial charge in [0.25, 0.3) is 5.56 Å². The van der Waals surface area contributed by atoms with Crippen molar-refractivity contribution in [2.24, 2.45) is 0 Å². The van der Waals surface area contributed by atoms with Crippen LogP contribution >= 0.6 is 0 Å². The maximum atomic E-state index is 12.7. The summed E-state index contributed by atoms with van der Waals surface area (Å²) in [5, 5.41) is 0.793. The largest absolute Gasteiger partial charge is 0.493 e. The van der Waals surface area contributed by atoms with E-state index in [9.17, 15) is 4.79 Å². The van der Waals surface area contributed by atoms with Crippen molar-refractivity contribution in [1.82, 2.24) is 19.9 Å². The van der Waals surface area contributed by atoms with Crippen LogP contribution in [0, 0.1) is 0 Å². The number of pyridine rings is 1. The monoisotopic (exact) mass is 419 g/mol. The molecule has 0 spiro atoms. The number of rotatable bonds is 6. The van der Waals surface area contributed by atoms with Crippen LogP contribution in [-0.2, 0) is 4.74 Å². The number of ether oxygens (including phenoxy) is 2. The normalized spacial score (nSPS) is 15.0. The highest BCUT2D eigenvalue weighted by Gasteiger charge is 2.16. The molecule has 0 saturated carbocycles. The van der Waals surface area contributed by atoms with Gasteiger partial charge in [-0.05, 0) is 24.6 Å². The number of imidazole rings is 1. The Morgan fingerprint density at radius 1 is 1.10 bits per heavy atom. The van der Waals surface area contributed by atoms with Gasteiger partial charge in [-0.3, -0.25) is 9.69 Å². The number of nitrogens with one attached hydrogen (secondary N) is 2. The van der Waals surface area contributed by atoms with Gasteiger partial charge in [0.15, 0.2) is 0 Å². The zero-order valence-corrected chi connectivity index (χ0v) is 17.2. The maximum Gasteiger partial charge on any atom is 0.261 e. The van der Waals surface area contributed by atoms with Crippen molar-refractivity contribution in [3.8, 4) is 17.1 Å². The zero-order valence-electron chi connectivity index (χ0n) is 17.2. The summed E-state index contributed by atoms with van der Waals surface area (Å²) in [4.78, 5) is 25.8. The first-order valence-corrected chi connectivity index (χ1v) is 10.5. The van der Waals surface area contributed by atoms with Gasteiger partial charge < -0.3 is 25.2 Å². The molecule has 0 amide bonds. The molecule has 31 heavy (non-hydrogen) atoms. The highest BCUT2D eigenvalue weighted by molar-refractivity contribution is 5.97. The number of H-pyrrole nitrogens is 2. The molecule has 1 aliphatic heterocycles. The smallest absolute Gasteiger partial charge is 0.261 e. The summed E-state index contributed by atoms with van der Waals surface area (Å²) < 4.78 is 11.3. The fourth-order valence-electron chi connectivity index (χ4n) is 4.00. The van der Waals surface area contributed by atoms with E-state index in [1.54, 1.807) is 0 Å². The molecule has 0 radical (unpaired) electrons. The van der Waals surface area contributed by atoms with Crippen LogP contribution in [0.2, 0.25) is 0 Å². The molecule has 0 bridgehead atoms. The molecule has 0 atom stereocenters. The first kappa shape index (κ1) is 19.6. The molecular formula is C23H25N5O3. The molecule has 2 aromatic carbocycles. The second-order valence-corrected chi connectivity index (χ2v) is 7.71. The summed E-state index contributed by atoms with van der Waals surface area (Å²) in [5.74, 6) is 1.22. The summed E-state index contributed by atoms with van der Waals surface area (Å²) in [6, 6.07) is 13.2. The predicted octanol–water partition coefficient (Wildman–Crippen LogP) is 2.75. The van der Waals surface area contributed by atoms with E-state index in [0.717, 1.165) is 61.4 Å². The third-order valence-corrected chi connectivity index (χ3v) is 5.64. The van der Waals surface area contributed by atoms with Crippen molar-refractivity contribution in [2.45, 2.75) is 6.42 Å². The number of nitrogens with two attached hydrogens (primary N) is 1. The average Bonchev–Trinajstić information content (AvgIpc) is 3.20. The SMILES string of the molecule is Nc1c(-c2nc3ccc(OCCCN4CCOCC4)cc3[nH]2)c(=O)[nH]c2ccccc12. The van der Waals surface area contributed by atoms with E-state index >= 15 is 0 Å². The number of aromatic amines is 2. The summed E-state index contributed by atoms with van der Waals surface area (Å²) >= 11 is 0. The minimum absolute atomic E-state index is 0.269. The van der Waals surface area contributed by atoms with Crippen molar-refractivity contribution < 1.29 is 9.47 Å². The summed E-state index contributed by atoms with van der Waals surface area (Å²) in [6.07, 6.45) is 0.954. The van der Waals surface area contributed by atoms with E-state index in [4.69, 9.17) is 15.2 Å². The number of hydrogen-bond acceptors (Lipinski definition) is 6. The number of nitrogens with zero attached hydrogens (tertiary/aromatic N) is 2. The number of aromatic nitrogens is 3. The highest BCUT2D eigenvalue weighted by Crippen LogP contribution is 2.29. The first-order chi connectivity index (χ1) is 15.2. The van der Waals surface area contributed by atoms with Gasteiger partial charge in [-0.1, -0.05) is 18.2 Å². The van der Waals surface area contributed by atoms with E-state index < -0.39 is 0 Å². The van der Waals surface area contributed by atoms with Crippen molar-refractivity contribution in [2.75, 3.05) is 45.2 Å². The van der Waals surface area contributed by atoms with Crippen LogP contribution in [0.3, 0.4) is 0 Å². The highest BCUT2D eigenvalue weighted by atomic mass is 16.5. The number of hydrogen-bond donors (Lipinski definition) is 3. The first-order valence-electron chi connectivity index (χ1n) is 10.5. The van der Waals surface area contributed by atoms with Gasteiger partial charge in [0.1, 0.15) is 17.1 Å². The van der Waals surface area contributed by atoms with E-state index in [1.807, 2.05) is 42.5 Å². The predicted molar refractivity (Wildman–Crippen MR) is 121 cm³/mol. The molecule has 4 aromatic rings. The van der Waals surface area contributed by atoms with E-state index in [1.165, 1.54) is 0 Å². The van der Waals surface area contributed by atoms with Crippen LogP contribution < -0.4 is 16.0 Å². The van der Waals surface area contributed by atoms with Gasteiger partial charge in [0, 0.05) is 31.1 Å². The third kappa shape index (κ3) is 3.99. The van der Waals surface area contributed by atoms with Crippen molar-refractivity contribution in [3.05, 3.63) is 52.8 Å². The second-order valence-electron chi connectivity index (χ2n) is 7.71. The van der Waals surface area contributed by atoms with E-state index in [0.29, 0.717) is 29.2 Å². The van der Waals surface area contributed by atoms with Crippen LogP contribution in [-0.4, -0.2) is 59.3 Å². The maximum absolute atomic E-state index is 12.7. The fraction of sp³-hybridized carbons (Fsp3) is 0.304. The topological polar surface area (TPSA) is 109 Å². The minimum atomic E-state index is -0.269. The molecule has 8 nitrogen and oxygen atoms in total. The summed E-state index contributed by atoms with van der Waals surface area (Å²) in [7, 11) is 0. The Morgan fingerprint density at radius 3 is 2.81 bits per heavy atom. The summed E-state index contributed by atoms with van der Waals surface area (Å²) in [5.41, 5.74) is 9.08.